The number of halogens is 1. The lowest BCUT2D eigenvalue weighted by atomic mass is 9.87. The SMILES string of the molecule is C[C@]1(O)CCCN(S(=O)(=O)c2ccc(OCc3ccc(F)cc3)cc2)[C@H]1C(=O)NO. The van der Waals surface area contributed by atoms with Gasteiger partial charge in [0.1, 0.15) is 24.2 Å². The maximum atomic E-state index is 13.1. The van der Waals surface area contributed by atoms with Gasteiger partial charge in [0, 0.05) is 6.54 Å². The number of carbonyl (C=O) groups excluding carboxylic acids is 1. The van der Waals surface area contributed by atoms with Crippen molar-refractivity contribution < 1.29 is 32.7 Å². The fourth-order valence-corrected chi connectivity index (χ4v) is 5.21. The third-order valence-electron chi connectivity index (χ3n) is 5.05. The Morgan fingerprint density at radius 3 is 2.47 bits per heavy atom. The maximum absolute atomic E-state index is 13.1. The van der Waals surface area contributed by atoms with E-state index in [2.05, 4.69) is 0 Å². The molecule has 8 nitrogen and oxygen atoms in total. The molecule has 0 radical (unpaired) electrons. The Kier molecular flexibility index (Phi) is 6.41. The first-order valence-corrected chi connectivity index (χ1v) is 10.7. The summed E-state index contributed by atoms with van der Waals surface area (Å²) in [5.74, 6) is -0.936. The van der Waals surface area contributed by atoms with Crippen molar-refractivity contribution in [2.75, 3.05) is 6.54 Å². The van der Waals surface area contributed by atoms with Crippen LogP contribution in [-0.4, -0.2) is 47.1 Å². The summed E-state index contributed by atoms with van der Waals surface area (Å²) in [5.41, 5.74) is 0.563. The van der Waals surface area contributed by atoms with Gasteiger partial charge in [-0.1, -0.05) is 12.1 Å². The van der Waals surface area contributed by atoms with Gasteiger partial charge in [-0.25, -0.2) is 18.3 Å². The summed E-state index contributed by atoms with van der Waals surface area (Å²) in [6, 6.07) is 9.97. The van der Waals surface area contributed by atoms with E-state index in [0.717, 1.165) is 9.87 Å². The largest absolute Gasteiger partial charge is 0.489 e. The van der Waals surface area contributed by atoms with Crippen LogP contribution in [0.25, 0.3) is 0 Å². The Morgan fingerprint density at radius 1 is 1.23 bits per heavy atom. The predicted octanol–water partition coefficient (Wildman–Crippen LogP) is 1.81. The Labute approximate surface area is 173 Å². The van der Waals surface area contributed by atoms with E-state index < -0.39 is 27.6 Å². The molecule has 1 amide bonds. The van der Waals surface area contributed by atoms with Crippen LogP contribution in [0.4, 0.5) is 4.39 Å². The molecule has 0 unspecified atom stereocenters. The molecule has 2 atom stereocenters. The highest BCUT2D eigenvalue weighted by Gasteiger charge is 2.49. The number of nitrogens with one attached hydrogen (secondary N) is 1. The first-order valence-electron chi connectivity index (χ1n) is 9.30. The zero-order chi connectivity index (χ0) is 21.9. The standard InChI is InChI=1S/C20H23FN2O6S/c1-20(25)11-2-12-23(18(20)19(24)22-26)30(27,28)17-9-7-16(8-10-17)29-13-14-3-5-15(21)6-4-14/h3-10,18,25-26H,2,11-13H2,1H3,(H,22,24)/t18-,20-/m0/s1. The Hall–Kier alpha value is -2.53. The number of amides is 1. The van der Waals surface area contributed by atoms with Crippen LogP contribution in [0.3, 0.4) is 0 Å². The summed E-state index contributed by atoms with van der Waals surface area (Å²) in [6.45, 7) is 1.57. The molecule has 1 heterocycles. The van der Waals surface area contributed by atoms with Crippen molar-refractivity contribution in [3.8, 4) is 5.75 Å². The van der Waals surface area contributed by atoms with Gasteiger partial charge >= 0.3 is 0 Å². The number of benzene rings is 2. The van der Waals surface area contributed by atoms with Crippen LogP contribution in [0.1, 0.15) is 25.3 Å². The molecule has 0 saturated carbocycles. The highest BCUT2D eigenvalue weighted by molar-refractivity contribution is 7.89. The number of rotatable bonds is 6. The first-order chi connectivity index (χ1) is 14.1. The molecule has 2 aromatic carbocycles. The van der Waals surface area contributed by atoms with Gasteiger partial charge in [-0.3, -0.25) is 10.0 Å². The molecule has 1 aliphatic heterocycles. The molecule has 0 aliphatic carbocycles. The summed E-state index contributed by atoms with van der Waals surface area (Å²) in [7, 11) is -4.12. The van der Waals surface area contributed by atoms with Gasteiger partial charge in [0.25, 0.3) is 5.91 Å². The van der Waals surface area contributed by atoms with Crippen LogP contribution in [0, 0.1) is 5.82 Å². The number of piperidine rings is 1. The normalized spacial score (nSPS) is 22.5. The van der Waals surface area contributed by atoms with E-state index in [-0.39, 0.29) is 30.3 Å². The van der Waals surface area contributed by atoms with E-state index >= 15 is 0 Å². The third kappa shape index (κ3) is 4.62. The molecular formula is C20H23FN2O6S. The number of hydroxylamine groups is 1. The summed E-state index contributed by atoms with van der Waals surface area (Å²) in [5, 5.41) is 19.5. The number of carbonyl (C=O) groups is 1. The zero-order valence-corrected chi connectivity index (χ0v) is 17.1. The van der Waals surface area contributed by atoms with Crippen LogP contribution >= 0.6 is 0 Å². The molecule has 10 heteroatoms. The molecule has 1 aliphatic rings. The molecule has 0 bridgehead atoms. The molecule has 1 saturated heterocycles. The number of nitrogens with zero attached hydrogens (tertiary/aromatic N) is 1. The van der Waals surface area contributed by atoms with Crippen LogP contribution < -0.4 is 10.2 Å². The Bertz CT molecular complexity index is 993. The number of hydrogen-bond acceptors (Lipinski definition) is 6. The topological polar surface area (TPSA) is 116 Å². The van der Waals surface area contributed by atoms with E-state index in [1.807, 2.05) is 0 Å². The van der Waals surface area contributed by atoms with E-state index in [4.69, 9.17) is 9.94 Å². The molecule has 3 rings (SSSR count). The summed E-state index contributed by atoms with van der Waals surface area (Å²) >= 11 is 0. The fourth-order valence-electron chi connectivity index (χ4n) is 3.49. The first kappa shape index (κ1) is 22.2. The van der Waals surface area contributed by atoms with Crippen LogP contribution in [0.15, 0.2) is 53.4 Å². The summed E-state index contributed by atoms with van der Waals surface area (Å²) in [6.07, 6.45) is 0.577. The van der Waals surface area contributed by atoms with Crippen molar-refractivity contribution in [1.82, 2.24) is 9.79 Å². The van der Waals surface area contributed by atoms with E-state index in [9.17, 15) is 22.7 Å². The summed E-state index contributed by atoms with van der Waals surface area (Å²) in [4.78, 5) is 12.0. The Morgan fingerprint density at radius 2 is 1.87 bits per heavy atom. The molecular weight excluding hydrogens is 415 g/mol. The lowest BCUT2D eigenvalue weighted by molar-refractivity contribution is -0.144. The number of hydrogen-bond donors (Lipinski definition) is 3. The van der Waals surface area contributed by atoms with Crippen molar-refractivity contribution in [2.45, 2.75) is 42.9 Å². The van der Waals surface area contributed by atoms with Gasteiger partial charge in [-0.2, -0.15) is 4.31 Å². The van der Waals surface area contributed by atoms with Crippen LogP contribution in [0.2, 0.25) is 0 Å². The highest BCUT2D eigenvalue weighted by Crippen LogP contribution is 2.32. The second-order valence-electron chi connectivity index (χ2n) is 7.34. The van der Waals surface area contributed by atoms with Crippen molar-refractivity contribution in [1.29, 1.82) is 0 Å². The molecule has 2 aromatic rings. The summed E-state index contributed by atoms with van der Waals surface area (Å²) < 4.78 is 45.6. The Balaban J connectivity index is 1.78. The minimum atomic E-state index is -4.12. The third-order valence-corrected chi connectivity index (χ3v) is 6.92. The van der Waals surface area contributed by atoms with Gasteiger partial charge in [0.2, 0.25) is 10.0 Å². The van der Waals surface area contributed by atoms with Crippen LogP contribution in [-0.2, 0) is 21.4 Å². The smallest absolute Gasteiger partial charge is 0.264 e. The monoisotopic (exact) mass is 438 g/mol. The van der Waals surface area contributed by atoms with Gasteiger partial charge in [-0.05, 0) is 61.7 Å². The highest BCUT2D eigenvalue weighted by atomic mass is 32.2. The number of ether oxygens (including phenoxy) is 1. The van der Waals surface area contributed by atoms with E-state index in [0.29, 0.717) is 12.2 Å². The second kappa shape index (κ2) is 8.68. The van der Waals surface area contributed by atoms with Crippen LogP contribution in [0.5, 0.6) is 5.75 Å². The molecule has 1 fully saturated rings. The number of sulfonamides is 1. The van der Waals surface area contributed by atoms with Crippen molar-refractivity contribution in [3.05, 3.63) is 59.9 Å². The minimum Gasteiger partial charge on any atom is -0.489 e. The molecule has 0 aromatic heterocycles. The van der Waals surface area contributed by atoms with Crippen molar-refractivity contribution in [2.24, 2.45) is 0 Å². The van der Waals surface area contributed by atoms with Gasteiger partial charge in [-0.15, -0.1) is 0 Å². The molecule has 30 heavy (non-hydrogen) atoms. The zero-order valence-electron chi connectivity index (χ0n) is 16.3. The average molecular weight is 438 g/mol. The maximum Gasteiger partial charge on any atom is 0.264 e. The molecule has 3 N–H and O–H groups in total. The molecule has 162 valence electrons. The lowest BCUT2D eigenvalue weighted by Crippen LogP contribution is -2.62. The molecule has 0 spiro atoms. The van der Waals surface area contributed by atoms with Gasteiger partial charge in [0.05, 0.1) is 10.5 Å². The predicted molar refractivity (Wildman–Crippen MR) is 105 cm³/mol. The second-order valence-corrected chi connectivity index (χ2v) is 9.23. The minimum absolute atomic E-state index is 0.0272. The quantitative estimate of drug-likeness (QED) is 0.468. The van der Waals surface area contributed by atoms with E-state index in [1.54, 1.807) is 12.1 Å². The lowest BCUT2D eigenvalue weighted by Gasteiger charge is -2.42. The fraction of sp³-hybridized carbons (Fsp3) is 0.350. The average Bonchev–Trinajstić information content (AvgIpc) is 2.72. The van der Waals surface area contributed by atoms with Gasteiger partial charge < -0.3 is 9.84 Å². The van der Waals surface area contributed by atoms with Crippen molar-refractivity contribution in [3.63, 3.8) is 0 Å². The number of aliphatic hydroxyl groups is 1. The van der Waals surface area contributed by atoms with E-state index in [1.165, 1.54) is 48.8 Å². The van der Waals surface area contributed by atoms with Gasteiger partial charge in [0.15, 0.2) is 0 Å². The van der Waals surface area contributed by atoms with Crippen molar-refractivity contribution >= 4 is 15.9 Å².